The highest BCUT2D eigenvalue weighted by Crippen LogP contribution is 2.28. The number of rotatable bonds is 3. The first-order chi connectivity index (χ1) is 12.1. The molecule has 2 aromatic carbocycles. The summed E-state index contributed by atoms with van der Waals surface area (Å²) in [7, 11) is 0. The predicted molar refractivity (Wildman–Crippen MR) is 99.0 cm³/mol. The van der Waals surface area contributed by atoms with E-state index in [2.05, 4.69) is 21.0 Å². The van der Waals surface area contributed by atoms with E-state index in [1.165, 1.54) is 6.33 Å². The fourth-order valence-electron chi connectivity index (χ4n) is 3.35. The second-order valence-electron chi connectivity index (χ2n) is 6.31. The van der Waals surface area contributed by atoms with Crippen LogP contribution in [0.3, 0.4) is 0 Å². The molecule has 0 saturated carbocycles. The monoisotopic (exact) mass is 331 g/mol. The van der Waals surface area contributed by atoms with Crippen molar-refractivity contribution in [1.82, 2.24) is 9.97 Å². The molecule has 0 aliphatic carbocycles. The van der Waals surface area contributed by atoms with Gasteiger partial charge in [0.15, 0.2) is 5.78 Å². The van der Waals surface area contributed by atoms with E-state index in [0.717, 1.165) is 33.8 Å². The normalized spacial score (nSPS) is 14.4. The Morgan fingerprint density at radius 2 is 1.96 bits per heavy atom. The Morgan fingerprint density at radius 1 is 1.16 bits per heavy atom. The Labute approximate surface area is 144 Å². The lowest BCUT2D eigenvalue weighted by Gasteiger charge is -2.14. The summed E-state index contributed by atoms with van der Waals surface area (Å²) < 4.78 is 0. The van der Waals surface area contributed by atoms with E-state index in [4.69, 9.17) is 0 Å². The van der Waals surface area contributed by atoms with Gasteiger partial charge in [0.05, 0.1) is 22.9 Å². The zero-order valence-corrected chi connectivity index (χ0v) is 13.9. The van der Waals surface area contributed by atoms with E-state index in [-0.39, 0.29) is 11.3 Å². The second-order valence-corrected chi connectivity index (χ2v) is 6.31. The van der Waals surface area contributed by atoms with Gasteiger partial charge in [-0.25, -0.2) is 4.98 Å². The Morgan fingerprint density at radius 3 is 2.68 bits per heavy atom. The van der Waals surface area contributed by atoms with Crippen LogP contribution >= 0.6 is 0 Å². The first kappa shape index (κ1) is 15.4. The maximum absolute atomic E-state index is 12.2. The fourth-order valence-corrected chi connectivity index (χ4v) is 3.35. The summed E-state index contributed by atoms with van der Waals surface area (Å²) >= 11 is 0. The average Bonchev–Trinajstić information content (AvgIpc) is 2.63. The van der Waals surface area contributed by atoms with Crippen LogP contribution in [0.5, 0.6) is 0 Å². The summed E-state index contributed by atoms with van der Waals surface area (Å²) in [5.41, 5.74) is 3.46. The van der Waals surface area contributed by atoms with Crippen LogP contribution in [0.1, 0.15) is 25.3 Å². The number of nitrogens with zero attached hydrogens (tertiary/aromatic N) is 2. The summed E-state index contributed by atoms with van der Waals surface area (Å²) in [5, 5.41) is 2.67. The molecule has 0 bridgehead atoms. The molecule has 0 atom stereocenters. The van der Waals surface area contributed by atoms with Crippen LogP contribution in [-0.2, 0) is 11.2 Å². The average molecular weight is 331 g/mol. The number of nitrogens with one attached hydrogen (secondary N) is 1. The standard InChI is InChI=1S/C20H17N3O2/c1-12(24)18-7-6-13(10-21-18)8-14-9-17-19(22-11-23-20(17)25)16-5-3-2-4-15(14)16/h2-5,9-11H,6-8H2,1H3,(H,22,23,25). The largest absolute Gasteiger partial charge is 0.313 e. The van der Waals surface area contributed by atoms with E-state index in [0.29, 0.717) is 23.9 Å². The Balaban J connectivity index is 1.86. The maximum atomic E-state index is 12.2. The molecule has 0 saturated heterocycles. The Kier molecular flexibility index (Phi) is 3.76. The highest BCUT2D eigenvalue weighted by molar-refractivity contribution is 6.39. The molecule has 0 unspecified atom stereocenters. The molecule has 5 heteroatoms. The predicted octanol–water partition coefficient (Wildman–Crippen LogP) is 3.33. The number of hydrogen-bond donors (Lipinski definition) is 1. The third-order valence-corrected chi connectivity index (χ3v) is 4.65. The molecule has 0 fully saturated rings. The molecule has 124 valence electrons. The summed E-state index contributed by atoms with van der Waals surface area (Å²) in [6.07, 6.45) is 5.44. The van der Waals surface area contributed by atoms with Gasteiger partial charge in [-0.05, 0) is 41.9 Å². The minimum Gasteiger partial charge on any atom is -0.313 e. The molecule has 1 aromatic heterocycles. The molecule has 4 rings (SSSR count). The van der Waals surface area contributed by atoms with Crippen LogP contribution in [0.4, 0.5) is 0 Å². The number of aliphatic imine (C=N–C) groups is 1. The van der Waals surface area contributed by atoms with Crippen molar-refractivity contribution < 1.29 is 4.79 Å². The van der Waals surface area contributed by atoms with Crippen molar-refractivity contribution in [2.45, 2.75) is 26.2 Å². The third kappa shape index (κ3) is 2.78. The summed E-state index contributed by atoms with van der Waals surface area (Å²) in [6.45, 7) is 1.55. The topological polar surface area (TPSA) is 75.2 Å². The van der Waals surface area contributed by atoms with E-state index < -0.39 is 0 Å². The SMILES string of the molecule is CC(=O)C1=NC=C(Cc2cc3c(=O)[nH]cnc3c3ccccc23)CC1. The number of carbonyl (C=O) groups is 1. The molecule has 5 nitrogen and oxygen atoms in total. The quantitative estimate of drug-likeness (QED) is 0.748. The molecule has 1 aliphatic rings. The fraction of sp³-hybridized carbons (Fsp3) is 0.200. The number of ketones is 1. The van der Waals surface area contributed by atoms with Crippen LogP contribution in [-0.4, -0.2) is 21.5 Å². The number of carbonyl (C=O) groups excluding carboxylic acids is 1. The second kappa shape index (κ2) is 6.09. The van der Waals surface area contributed by atoms with E-state index in [1.807, 2.05) is 24.3 Å². The zero-order valence-electron chi connectivity index (χ0n) is 13.9. The van der Waals surface area contributed by atoms with Crippen LogP contribution in [0, 0.1) is 0 Å². The van der Waals surface area contributed by atoms with Gasteiger partial charge >= 0.3 is 0 Å². The smallest absolute Gasteiger partial charge is 0.258 e. The Hall–Kier alpha value is -3.08. The highest BCUT2D eigenvalue weighted by Gasteiger charge is 2.15. The molecule has 25 heavy (non-hydrogen) atoms. The summed E-state index contributed by atoms with van der Waals surface area (Å²) in [5.74, 6) is 0.0315. The van der Waals surface area contributed by atoms with Gasteiger partial charge in [-0.15, -0.1) is 0 Å². The number of H-pyrrole nitrogens is 1. The number of hydrogen-bond acceptors (Lipinski definition) is 4. The van der Waals surface area contributed by atoms with Gasteiger partial charge in [0.1, 0.15) is 0 Å². The van der Waals surface area contributed by atoms with Gasteiger partial charge in [0, 0.05) is 18.5 Å². The van der Waals surface area contributed by atoms with Gasteiger partial charge < -0.3 is 4.98 Å². The van der Waals surface area contributed by atoms with Gasteiger partial charge in [0.25, 0.3) is 5.56 Å². The lowest BCUT2D eigenvalue weighted by Crippen LogP contribution is -2.13. The van der Waals surface area contributed by atoms with Crippen molar-refractivity contribution in [3.8, 4) is 0 Å². The van der Waals surface area contributed by atoms with Crippen LogP contribution in [0.2, 0.25) is 0 Å². The van der Waals surface area contributed by atoms with Gasteiger partial charge in [-0.2, -0.15) is 0 Å². The first-order valence-corrected chi connectivity index (χ1v) is 8.27. The van der Waals surface area contributed by atoms with Gasteiger partial charge in [-0.3, -0.25) is 14.6 Å². The molecule has 0 amide bonds. The number of allylic oxidation sites excluding steroid dienone is 1. The van der Waals surface area contributed by atoms with Crippen molar-refractivity contribution >= 4 is 33.2 Å². The molecule has 1 aliphatic heterocycles. The van der Waals surface area contributed by atoms with Crippen molar-refractivity contribution in [2.75, 3.05) is 0 Å². The minimum absolute atomic E-state index is 0.0315. The third-order valence-electron chi connectivity index (χ3n) is 4.65. The summed E-state index contributed by atoms with van der Waals surface area (Å²) in [4.78, 5) is 34.9. The zero-order chi connectivity index (χ0) is 17.4. The van der Waals surface area contributed by atoms with Crippen LogP contribution < -0.4 is 5.56 Å². The van der Waals surface area contributed by atoms with Gasteiger partial charge in [-0.1, -0.05) is 24.3 Å². The number of benzene rings is 2. The lowest BCUT2D eigenvalue weighted by atomic mass is 9.93. The molecular formula is C20H17N3O2. The lowest BCUT2D eigenvalue weighted by molar-refractivity contribution is -0.111. The van der Waals surface area contributed by atoms with Gasteiger partial charge in [0.2, 0.25) is 0 Å². The van der Waals surface area contributed by atoms with Crippen LogP contribution in [0.15, 0.2) is 58.2 Å². The molecule has 0 radical (unpaired) electrons. The molecule has 0 spiro atoms. The number of fused-ring (bicyclic) bond motifs is 3. The summed E-state index contributed by atoms with van der Waals surface area (Å²) in [6, 6.07) is 9.92. The van der Waals surface area contributed by atoms with Crippen LogP contribution in [0.25, 0.3) is 21.7 Å². The van der Waals surface area contributed by atoms with Crippen molar-refractivity contribution in [2.24, 2.45) is 4.99 Å². The van der Waals surface area contributed by atoms with Crippen molar-refractivity contribution in [3.63, 3.8) is 0 Å². The Bertz CT molecular complexity index is 1120. The molecule has 3 aromatic rings. The van der Waals surface area contributed by atoms with E-state index >= 15 is 0 Å². The van der Waals surface area contributed by atoms with E-state index in [1.54, 1.807) is 13.1 Å². The molecule has 1 N–H and O–H groups in total. The minimum atomic E-state index is -0.133. The first-order valence-electron chi connectivity index (χ1n) is 8.27. The molecule has 2 heterocycles. The number of aromatic nitrogens is 2. The molecular weight excluding hydrogens is 314 g/mol. The van der Waals surface area contributed by atoms with E-state index in [9.17, 15) is 9.59 Å². The maximum Gasteiger partial charge on any atom is 0.258 e. The van der Waals surface area contributed by atoms with Crippen molar-refractivity contribution in [1.29, 1.82) is 0 Å². The highest BCUT2D eigenvalue weighted by atomic mass is 16.1. The van der Waals surface area contributed by atoms with Crippen molar-refractivity contribution in [3.05, 3.63) is 64.3 Å². The number of Topliss-reactive ketones (excluding diaryl/α,β-unsaturated/α-hetero) is 1. The number of aromatic amines is 1.